The molecule has 0 aliphatic carbocycles. The Labute approximate surface area is 189 Å². The van der Waals surface area contributed by atoms with Crippen LogP contribution < -0.4 is 20.1 Å². The lowest BCUT2D eigenvalue weighted by atomic mass is 9.74. The number of benzene rings is 1. The number of aryl methyl sites for hydroxylation is 1. The summed E-state index contributed by atoms with van der Waals surface area (Å²) in [7, 11) is 3.28. The second-order valence-electron chi connectivity index (χ2n) is 8.58. The fraction of sp³-hybridized carbons (Fsp3) is 0.542. The molecule has 1 aromatic carbocycles. The zero-order chi connectivity index (χ0) is 22.7. The number of urea groups is 1. The van der Waals surface area contributed by atoms with Gasteiger partial charge in [-0.1, -0.05) is 0 Å². The third-order valence-corrected chi connectivity index (χ3v) is 6.63. The lowest BCUT2D eigenvalue weighted by molar-refractivity contribution is 0.0305. The van der Waals surface area contributed by atoms with Gasteiger partial charge in [0.05, 0.1) is 19.9 Å². The maximum absolute atomic E-state index is 11.8. The van der Waals surface area contributed by atoms with Gasteiger partial charge in [-0.2, -0.15) is 0 Å². The van der Waals surface area contributed by atoms with E-state index in [1.807, 2.05) is 32.0 Å². The number of methoxy groups -OCH3 is 2. The largest absolute Gasteiger partial charge is 0.493 e. The molecule has 3 aliphatic rings. The molecular weight excluding hydrogens is 406 g/mol. The van der Waals surface area contributed by atoms with E-state index in [9.17, 15) is 4.79 Å². The summed E-state index contributed by atoms with van der Waals surface area (Å²) in [6.07, 6.45) is 2.24. The third kappa shape index (κ3) is 4.65. The van der Waals surface area contributed by atoms with Crippen molar-refractivity contribution in [2.24, 2.45) is 5.92 Å². The first-order chi connectivity index (χ1) is 15.5. The van der Waals surface area contributed by atoms with Gasteiger partial charge in [0.15, 0.2) is 11.5 Å². The summed E-state index contributed by atoms with van der Waals surface area (Å²) in [6, 6.07) is 8.31. The highest BCUT2D eigenvalue weighted by molar-refractivity contribution is 5.73. The molecule has 8 heteroatoms. The summed E-state index contributed by atoms with van der Waals surface area (Å²) < 4.78 is 10.8. The standard InChI is InChI=1S/C24H33N5O3/c1-5-25-24(30)26-13-18-10-16-8-9-29(18)14-19(16)21-12-20(27-15(2)28-21)17-6-7-22(31-3)23(11-17)32-4/h6-7,11-12,16,18-19H,5,8-10,13-14H2,1-4H3,(H2,25,26,30)/t16-,18-,19+/m1/s1. The van der Waals surface area contributed by atoms with E-state index >= 15 is 0 Å². The molecule has 2 amide bonds. The zero-order valence-corrected chi connectivity index (χ0v) is 19.4. The van der Waals surface area contributed by atoms with Crippen molar-refractivity contribution in [2.45, 2.75) is 38.6 Å². The zero-order valence-electron chi connectivity index (χ0n) is 19.4. The first-order valence-corrected chi connectivity index (χ1v) is 11.4. The first-order valence-electron chi connectivity index (χ1n) is 11.4. The maximum atomic E-state index is 11.8. The highest BCUT2D eigenvalue weighted by Crippen LogP contribution is 2.42. The molecule has 4 atom stereocenters. The second-order valence-corrected chi connectivity index (χ2v) is 8.58. The van der Waals surface area contributed by atoms with Gasteiger partial charge in [0.1, 0.15) is 5.82 Å². The number of rotatable bonds is 7. The molecule has 0 radical (unpaired) electrons. The van der Waals surface area contributed by atoms with Gasteiger partial charge in [-0.05, 0) is 63.4 Å². The Kier molecular flexibility index (Phi) is 6.79. The average molecular weight is 440 g/mol. The van der Waals surface area contributed by atoms with Crippen LogP contribution in [0.15, 0.2) is 24.3 Å². The topological polar surface area (TPSA) is 88.6 Å². The molecule has 2 N–H and O–H groups in total. The number of nitrogens with zero attached hydrogens (tertiary/aromatic N) is 3. The van der Waals surface area contributed by atoms with Crippen molar-refractivity contribution in [3.63, 3.8) is 0 Å². The summed E-state index contributed by atoms with van der Waals surface area (Å²) in [6.45, 7) is 7.25. The molecule has 172 valence electrons. The molecule has 1 unspecified atom stereocenters. The molecule has 0 saturated carbocycles. The van der Waals surface area contributed by atoms with Crippen LogP contribution in [0.4, 0.5) is 4.79 Å². The Hall–Kier alpha value is -2.87. The van der Waals surface area contributed by atoms with E-state index < -0.39 is 0 Å². The molecule has 0 spiro atoms. The number of nitrogens with one attached hydrogen (secondary N) is 2. The smallest absolute Gasteiger partial charge is 0.314 e. The van der Waals surface area contributed by atoms with Gasteiger partial charge in [-0.3, -0.25) is 4.90 Å². The van der Waals surface area contributed by atoms with Crippen molar-refractivity contribution in [1.29, 1.82) is 0 Å². The maximum Gasteiger partial charge on any atom is 0.314 e. The molecule has 3 aliphatic heterocycles. The predicted molar refractivity (Wildman–Crippen MR) is 123 cm³/mol. The van der Waals surface area contributed by atoms with Crippen LogP contribution >= 0.6 is 0 Å². The van der Waals surface area contributed by atoms with Gasteiger partial charge >= 0.3 is 6.03 Å². The number of hydrogen-bond donors (Lipinski definition) is 2. The number of amides is 2. The van der Waals surface area contributed by atoms with Crippen molar-refractivity contribution in [1.82, 2.24) is 25.5 Å². The Morgan fingerprint density at radius 3 is 2.66 bits per heavy atom. The number of carbonyl (C=O) groups is 1. The minimum atomic E-state index is -0.0855. The number of hydrogen-bond acceptors (Lipinski definition) is 6. The summed E-state index contributed by atoms with van der Waals surface area (Å²) in [4.78, 5) is 23.8. The summed E-state index contributed by atoms with van der Waals surface area (Å²) >= 11 is 0. The van der Waals surface area contributed by atoms with Gasteiger partial charge in [0, 0.05) is 42.9 Å². The second kappa shape index (κ2) is 9.73. The van der Waals surface area contributed by atoms with Gasteiger partial charge in [-0.15, -0.1) is 0 Å². The van der Waals surface area contributed by atoms with E-state index in [1.165, 1.54) is 0 Å². The normalized spacial score (nSPS) is 24.1. The minimum Gasteiger partial charge on any atom is -0.493 e. The summed E-state index contributed by atoms with van der Waals surface area (Å²) in [5.41, 5.74) is 2.99. The Bertz CT molecular complexity index is 967. The van der Waals surface area contributed by atoms with Crippen LogP contribution in [0.25, 0.3) is 11.3 Å². The van der Waals surface area contributed by atoms with Crippen LogP contribution in [0.1, 0.15) is 37.2 Å². The molecule has 3 fully saturated rings. The Morgan fingerprint density at radius 2 is 1.97 bits per heavy atom. The number of carbonyl (C=O) groups excluding carboxylic acids is 1. The Balaban J connectivity index is 1.52. The average Bonchev–Trinajstić information content (AvgIpc) is 2.82. The van der Waals surface area contributed by atoms with Gasteiger partial charge < -0.3 is 20.1 Å². The van der Waals surface area contributed by atoms with Crippen LogP contribution in [0.5, 0.6) is 11.5 Å². The highest BCUT2D eigenvalue weighted by atomic mass is 16.5. The van der Waals surface area contributed by atoms with Crippen LogP contribution in [-0.4, -0.2) is 67.3 Å². The molecule has 32 heavy (non-hydrogen) atoms. The number of fused-ring (bicyclic) bond motifs is 3. The predicted octanol–water partition coefficient (Wildman–Crippen LogP) is 2.97. The van der Waals surface area contributed by atoms with E-state index in [4.69, 9.17) is 19.4 Å². The fourth-order valence-electron chi connectivity index (χ4n) is 5.04. The van der Waals surface area contributed by atoms with E-state index in [0.717, 1.165) is 48.7 Å². The lowest BCUT2D eigenvalue weighted by Crippen LogP contribution is -2.56. The molecule has 3 saturated heterocycles. The van der Waals surface area contributed by atoms with Gasteiger partial charge in [-0.25, -0.2) is 14.8 Å². The number of piperidine rings is 3. The van der Waals surface area contributed by atoms with Crippen molar-refractivity contribution in [3.05, 3.63) is 35.8 Å². The SMILES string of the molecule is CCNC(=O)NC[C@H]1C[C@H]2CCN1C[C@@H]2c1cc(-c2ccc(OC)c(OC)c2)nc(C)n1. The molecule has 8 nitrogen and oxygen atoms in total. The third-order valence-electron chi connectivity index (χ3n) is 6.63. The van der Waals surface area contributed by atoms with Crippen LogP contribution in [0, 0.1) is 12.8 Å². The van der Waals surface area contributed by atoms with Crippen LogP contribution in [-0.2, 0) is 0 Å². The lowest BCUT2D eigenvalue weighted by Gasteiger charge is -2.49. The summed E-state index contributed by atoms with van der Waals surface area (Å²) in [5.74, 6) is 3.11. The molecular formula is C24H33N5O3. The summed E-state index contributed by atoms with van der Waals surface area (Å²) in [5, 5.41) is 5.82. The van der Waals surface area contributed by atoms with Crippen molar-refractivity contribution >= 4 is 6.03 Å². The monoisotopic (exact) mass is 439 g/mol. The van der Waals surface area contributed by atoms with Gasteiger partial charge in [0.25, 0.3) is 0 Å². The molecule has 4 heterocycles. The van der Waals surface area contributed by atoms with Crippen LogP contribution in [0.3, 0.4) is 0 Å². The number of aromatic nitrogens is 2. The van der Waals surface area contributed by atoms with E-state index in [-0.39, 0.29) is 6.03 Å². The van der Waals surface area contributed by atoms with Crippen LogP contribution in [0.2, 0.25) is 0 Å². The van der Waals surface area contributed by atoms with E-state index in [2.05, 4.69) is 21.6 Å². The van der Waals surface area contributed by atoms with Crippen molar-refractivity contribution in [2.75, 3.05) is 40.4 Å². The quantitative estimate of drug-likeness (QED) is 0.690. The van der Waals surface area contributed by atoms with E-state index in [0.29, 0.717) is 42.5 Å². The van der Waals surface area contributed by atoms with Crippen molar-refractivity contribution < 1.29 is 14.3 Å². The fourth-order valence-corrected chi connectivity index (χ4v) is 5.04. The molecule has 2 bridgehead atoms. The molecule has 5 rings (SSSR count). The minimum absolute atomic E-state index is 0.0855. The van der Waals surface area contributed by atoms with Crippen molar-refractivity contribution in [3.8, 4) is 22.8 Å². The highest BCUT2D eigenvalue weighted by Gasteiger charge is 2.41. The van der Waals surface area contributed by atoms with E-state index in [1.54, 1.807) is 14.2 Å². The Morgan fingerprint density at radius 1 is 1.16 bits per heavy atom. The molecule has 1 aromatic heterocycles. The number of ether oxygens (including phenoxy) is 2. The first kappa shape index (κ1) is 22.3. The van der Waals surface area contributed by atoms with Gasteiger partial charge in [0.2, 0.25) is 0 Å². The molecule has 2 aromatic rings.